The second kappa shape index (κ2) is 6.84. The van der Waals surface area contributed by atoms with Gasteiger partial charge in [-0.1, -0.05) is 23.7 Å². The number of carbonyl (C=O) groups is 2. The second-order valence-electron chi connectivity index (χ2n) is 6.11. The van der Waals surface area contributed by atoms with Gasteiger partial charge < -0.3 is 9.80 Å². The van der Waals surface area contributed by atoms with E-state index in [4.69, 9.17) is 11.6 Å². The van der Waals surface area contributed by atoms with Crippen molar-refractivity contribution in [3.63, 3.8) is 0 Å². The molecule has 1 atom stereocenters. The Balaban J connectivity index is 1.81. The number of aryl methyl sites for hydroxylation is 1. The lowest BCUT2D eigenvalue weighted by atomic mass is 10.1. The van der Waals surface area contributed by atoms with Crippen LogP contribution < -0.4 is 4.90 Å². The van der Waals surface area contributed by atoms with E-state index in [1.54, 1.807) is 24.0 Å². The highest BCUT2D eigenvalue weighted by Crippen LogP contribution is 2.26. The van der Waals surface area contributed by atoms with Crippen molar-refractivity contribution < 1.29 is 14.0 Å². The van der Waals surface area contributed by atoms with Crippen LogP contribution in [0.15, 0.2) is 42.5 Å². The Morgan fingerprint density at radius 1 is 1.20 bits per heavy atom. The predicted octanol–water partition coefficient (Wildman–Crippen LogP) is 3.67. The molecule has 0 N–H and O–H groups in total. The fourth-order valence-corrected chi connectivity index (χ4v) is 3.12. The molecule has 0 saturated carbocycles. The lowest BCUT2D eigenvalue weighted by molar-refractivity contribution is -0.124. The Bertz CT molecular complexity index is 840. The van der Waals surface area contributed by atoms with Gasteiger partial charge in [-0.15, -0.1) is 0 Å². The predicted molar refractivity (Wildman–Crippen MR) is 95.4 cm³/mol. The average molecular weight is 361 g/mol. The molecule has 0 spiro atoms. The first-order valence-corrected chi connectivity index (χ1v) is 8.40. The molecule has 2 amide bonds. The number of hydrogen-bond donors (Lipinski definition) is 0. The van der Waals surface area contributed by atoms with Gasteiger partial charge in [0, 0.05) is 29.4 Å². The van der Waals surface area contributed by atoms with E-state index in [1.807, 2.05) is 19.1 Å². The summed E-state index contributed by atoms with van der Waals surface area (Å²) in [4.78, 5) is 28.5. The number of piperazine rings is 1. The van der Waals surface area contributed by atoms with Gasteiger partial charge in [0.05, 0.1) is 0 Å². The van der Waals surface area contributed by atoms with Crippen molar-refractivity contribution in [1.29, 1.82) is 0 Å². The van der Waals surface area contributed by atoms with Gasteiger partial charge in [0.15, 0.2) is 0 Å². The maximum Gasteiger partial charge on any atom is 0.254 e. The molecule has 0 bridgehead atoms. The lowest BCUT2D eigenvalue weighted by Gasteiger charge is -2.39. The highest BCUT2D eigenvalue weighted by atomic mass is 35.5. The molecule has 0 unspecified atom stereocenters. The van der Waals surface area contributed by atoms with Crippen LogP contribution in [0.3, 0.4) is 0 Å². The standard InChI is InChI=1S/C19H18ClFN2O2/c1-12-6-7-16(11-17(12)20)23-9-8-22(13(2)18(23)24)19(25)14-4-3-5-15(21)10-14/h3-7,10-11,13H,8-9H2,1-2H3/t13-/m1/s1. The second-order valence-corrected chi connectivity index (χ2v) is 6.52. The molecule has 0 aromatic heterocycles. The van der Waals surface area contributed by atoms with E-state index in [0.717, 1.165) is 5.56 Å². The summed E-state index contributed by atoms with van der Waals surface area (Å²) in [7, 11) is 0. The van der Waals surface area contributed by atoms with Crippen LogP contribution in [0.1, 0.15) is 22.8 Å². The summed E-state index contributed by atoms with van der Waals surface area (Å²) in [5.74, 6) is -1.00. The number of carbonyl (C=O) groups excluding carboxylic acids is 2. The zero-order chi connectivity index (χ0) is 18.1. The summed E-state index contributed by atoms with van der Waals surface area (Å²) in [5, 5.41) is 0.594. The van der Waals surface area contributed by atoms with Crippen LogP contribution in [0.2, 0.25) is 5.02 Å². The SMILES string of the molecule is Cc1ccc(N2CCN(C(=O)c3cccc(F)c3)[C@H](C)C2=O)cc1Cl. The molecule has 1 heterocycles. The molecule has 0 aliphatic carbocycles. The van der Waals surface area contributed by atoms with E-state index in [-0.39, 0.29) is 17.4 Å². The number of amides is 2. The van der Waals surface area contributed by atoms with Crippen molar-refractivity contribution in [2.24, 2.45) is 0 Å². The van der Waals surface area contributed by atoms with E-state index in [0.29, 0.717) is 23.8 Å². The molecule has 1 aliphatic rings. The Kier molecular flexibility index (Phi) is 4.77. The molecule has 2 aromatic rings. The van der Waals surface area contributed by atoms with Crippen LogP contribution in [0, 0.1) is 12.7 Å². The van der Waals surface area contributed by atoms with Crippen molar-refractivity contribution >= 4 is 29.1 Å². The van der Waals surface area contributed by atoms with E-state index in [1.165, 1.54) is 23.1 Å². The van der Waals surface area contributed by atoms with Crippen molar-refractivity contribution in [3.8, 4) is 0 Å². The number of benzene rings is 2. The molecule has 1 fully saturated rings. The fraction of sp³-hybridized carbons (Fsp3) is 0.263. The molecule has 25 heavy (non-hydrogen) atoms. The van der Waals surface area contributed by atoms with Crippen LogP contribution in [-0.4, -0.2) is 35.8 Å². The number of rotatable bonds is 2. The molecule has 130 valence electrons. The van der Waals surface area contributed by atoms with Crippen LogP contribution in [0.5, 0.6) is 0 Å². The molecule has 1 saturated heterocycles. The van der Waals surface area contributed by atoms with Gasteiger partial charge in [0.25, 0.3) is 5.91 Å². The summed E-state index contributed by atoms with van der Waals surface area (Å²) in [6.07, 6.45) is 0. The fourth-order valence-electron chi connectivity index (χ4n) is 2.94. The smallest absolute Gasteiger partial charge is 0.254 e. The molecule has 3 rings (SSSR count). The molecule has 1 aliphatic heterocycles. The summed E-state index contributed by atoms with van der Waals surface area (Å²) >= 11 is 6.15. The van der Waals surface area contributed by atoms with E-state index in [9.17, 15) is 14.0 Å². The first-order valence-electron chi connectivity index (χ1n) is 8.02. The third kappa shape index (κ3) is 3.37. The zero-order valence-corrected chi connectivity index (χ0v) is 14.8. The molecule has 6 heteroatoms. The van der Waals surface area contributed by atoms with Crippen LogP contribution >= 0.6 is 11.6 Å². The Hall–Kier alpha value is -2.40. The summed E-state index contributed by atoms with van der Waals surface area (Å²) < 4.78 is 13.4. The maximum absolute atomic E-state index is 13.4. The largest absolute Gasteiger partial charge is 0.325 e. The summed E-state index contributed by atoms with van der Waals surface area (Å²) in [6.45, 7) is 4.31. The Morgan fingerprint density at radius 2 is 1.96 bits per heavy atom. The number of anilines is 1. The topological polar surface area (TPSA) is 40.6 Å². The maximum atomic E-state index is 13.4. The van der Waals surface area contributed by atoms with Crippen molar-refractivity contribution in [3.05, 3.63) is 64.4 Å². The molecule has 0 radical (unpaired) electrons. The van der Waals surface area contributed by atoms with Crippen LogP contribution in [0.25, 0.3) is 0 Å². The van der Waals surface area contributed by atoms with Gasteiger partial charge in [0.1, 0.15) is 11.9 Å². The highest BCUT2D eigenvalue weighted by molar-refractivity contribution is 6.31. The summed E-state index contributed by atoms with van der Waals surface area (Å²) in [5.41, 5.74) is 1.89. The third-order valence-corrected chi connectivity index (χ3v) is 4.86. The lowest BCUT2D eigenvalue weighted by Crippen LogP contribution is -2.57. The van der Waals surface area contributed by atoms with Gasteiger partial charge in [-0.05, 0) is 49.7 Å². The van der Waals surface area contributed by atoms with Gasteiger partial charge in [0.2, 0.25) is 5.91 Å². The summed E-state index contributed by atoms with van der Waals surface area (Å²) in [6, 6.07) is 10.3. The first-order chi connectivity index (χ1) is 11.9. The third-order valence-electron chi connectivity index (χ3n) is 4.45. The van der Waals surface area contributed by atoms with Gasteiger partial charge in [-0.3, -0.25) is 9.59 Å². The minimum atomic E-state index is -0.635. The number of nitrogens with zero attached hydrogens (tertiary/aromatic N) is 2. The van der Waals surface area contributed by atoms with Crippen molar-refractivity contribution in [1.82, 2.24) is 4.90 Å². The van der Waals surface area contributed by atoms with Crippen LogP contribution in [0.4, 0.5) is 10.1 Å². The Morgan fingerprint density at radius 3 is 2.64 bits per heavy atom. The number of halogens is 2. The van der Waals surface area contributed by atoms with Crippen molar-refractivity contribution in [2.75, 3.05) is 18.0 Å². The molecule has 4 nitrogen and oxygen atoms in total. The first kappa shape index (κ1) is 17.4. The van der Waals surface area contributed by atoms with Gasteiger partial charge >= 0.3 is 0 Å². The Labute approximate surface area is 150 Å². The minimum Gasteiger partial charge on any atom is -0.325 e. The van der Waals surface area contributed by atoms with E-state index in [2.05, 4.69) is 0 Å². The van der Waals surface area contributed by atoms with Crippen LogP contribution in [-0.2, 0) is 4.79 Å². The monoisotopic (exact) mass is 360 g/mol. The molecular formula is C19H18ClFN2O2. The van der Waals surface area contributed by atoms with E-state index < -0.39 is 11.9 Å². The zero-order valence-electron chi connectivity index (χ0n) is 14.0. The minimum absolute atomic E-state index is 0.184. The molecular weight excluding hydrogens is 343 g/mol. The molecule has 2 aromatic carbocycles. The highest BCUT2D eigenvalue weighted by Gasteiger charge is 2.35. The van der Waals surface area contributed by atoms with E-state index >= 15 is 0 Å². The van der Waals surface area contributed by atoms with Crippen molar-refractivity contribution in [2.45, 2.75) is 19.9 Å². The van der Waals surface area contributed by atoms with Gasteiger partial charge in [-0.2, -0.15) is 0 Å². The normalized spacial score (nSPS) is 17.8. The number of hydrogen-bond acceptors (Lipinski definition) is 2. The van der Waals surface area contributed by atoms with Gasteiger partial charge in [-0.25, -0.2) is 4.39 Å². The quantitative estimate of drug-likeness (QED) is 0.820. The average Bonchev–Trinajstić information content (AvgIpc) is 2.59.